The van der Waals surface area contributed by atoms with Gasteiger partial charge in [0.1, 0.15) is 11.8 Å². The molecular formula is C26H39N3O3. The van der Waals surface area contributed by atoms with E-state index in [0.29, 0.717) is 13.0 Å². The summed E-state index contributed by atoms with van der Waals surface area (Å²) in [4.78, 5) is 29.0. The number of methoxy groups -OCH3 is 1. The van der Waals surface area contributed by atoms with Crippen molar-refractivity contribution < 1.29 is 14.3 Å². The lowest BCUT2D eigenvalue weighted by Gasteiger charge is -2.44. The quantitative estimate of drug-likeness (QED) is 0.704. The molecule has 0 aromatic heterocycles. The van der Waals surface area contributed by atoms with Gasteiger partial charge < -0.3 is 19.9 Å². The number of piperidine rings is 1. The fourth-order valence-corrected chi connectivity index (χ4v) is 5.92. The fourth-order valence-electron chi connectivity index (χ4n) is 5.92. The number of ether oxygens (including phenoxy) is 1. The van der Waals surface area contributed by atoms with Crippen molar-refractivity contribution in [1.82, 2.24) is 15.1 Å². The van der Waals surface area contributed by atoms with E-state index in [1.165, 1.54) is 37.7 Å². The molecule has 2 heterocycles. The Balaban J connectivity index is 1.32. The van der Waals surface area contributed by atoms with Gasteiger partial charge in [-0.25, -0.2) is 0 Å². The maximum atomic E-state index is 12.7. The molecule has 1 aromatic rings. The molecule has 176 valence electrons. The molecule has 4 rings (SSSR count). The van der Waals surface area contributed by atoms with E-state index in [0.717, 1.165) is 44.6 Å². The molecule has 6 heteroatoms. The van der Waals surface area contributed by atoms with E-state index in [9.17, 15) is 9.59 Å². The lowest BCUT2D eigenvalue weighted by molar-refractivity contribution is -0.137. The summed E-state index contributed by atoms with van der Waals surface area (Å²) in [5.41, 5.74) is 1.67. The van der Waals surface area contributed by atoms with Gasteiger partial charge in [0.2, 0.25) is 11.8 Å². The first-order valence-corrected chi connectivity index (χ1v) is 12.5. The highest BCUT2D eigenvalue weighted by atomic mass is 16.5. The first-order chi connectivity index (χ1) is 15.5. The monoisotopic (exact) mass is 441 g/mol. The second-order valence-corrected chi connectivity index (χ2v) is 10.00. The standard InChI is InChI=1S/C26H39N3O3/c1-20(29-16-6-7-24(29)30)25(31)27-22-12-17-28(18-13-22)19-26(14-4-3-5-15-26)21-8-10-23(32-2)11-9-21/h8-11,20,22H,3-7,12-19H2,1-2H3,(H,27,31). The second-order valence-electron chi connectivity index (χ2n) is 10.00. The van der Waals surface area contributed by atoms with Crippen LogP contribution in [0.15, 0.2) is 24.3 Å². The number of rotatable bonds is 7. The van der Waals surface area contributed by atoms with Crippen LogP contribution in [-0.2, 0) is 15.0 Å². The Morgan fingerprint density at radius 3 is 2.38 bits per heavy atom. The highest BCUT2D eigenvalue weighted by Crippen LogP contribution is 2.41. The molecule has 1 atom stereocenters. The Kier molecular flexibility index (Phi) is 7.39. The maximum Gasteiger partial charge on any atom is 0.242 e. The van der Waals surface area contributed by atoms with Crippen LogP contribution in [0.4, 0.5) is 0 Å². The van der Waals surface area contributed by atoms with Gasteiger partial charge in [0.05, 0.1) is 7.11 Å². The molecule has 0 spiro atoms. The third-order valence-corrected chi connectivity index (χ3v) is 7.93. The second kappa shape index (κ2) is 10.2. The van der Waals surface area contributed by atoms with Crippen LogP contribution in [0, 0.1) is 0 Å². The molecule has 1 unspecified atom stereocenters. The van der Waals surface area contributed by atoms with Gasteiger partial charge >= 0.3 is 0 Å². The number of nitrogens with zero attached hydrogens (tertiary/aromatic N) is 2. The van der Waals surface area contributed by atoms with Gasteiger partial charge in [-0.2, -0.15) is 0 Å². The molecule has 2 saturated heterocycles. The molecule has 1 aromatic carbocycles. The van der Waals surface area contributed by atoms with Crippen LogP contribution in [0.3, 0.4) is 0 Å². The molecule has 2 amide bonds. The number of hydrogen-bond acceptors (Lipinski definition) is 4. The van der Waals surface area contributed by atoms with Crippen LogP contribution in [0.2, 0.25) is 0 Å². The van der Waals surface area contributed by atoms with Gasteiger partial charge in [0.25, 0.3) is 0 Å². The number of likely N-dealkylation sites (tertiary alicyclic amines) is 2. The molecule has 6 nitrogen and oxygen atoms in total. The third kappa shape index (κ3) is 5.11. The molecular weight excluding hydrogens is 402 g/mol. The predicted molar refractivity (Wildman–Crippen MR) is 126 cm³/mol. The summed E-state index contributed by atoms with van der Waals surface area (Å²) >= 11 is 0. The smallest absolute Gasteiger partial charge is 0.242 e. The van der Waals surface area contributed by atoms with Gasteiger partial charge in [-0.15, -0.1) is 0 Å². The number of carbonyl (C=O) groups excluding carboxylic acids is 2. The molecule has 32 heavy (non-hydrogen) atoms. The number of benzene rings is 1. The Morgan fingerprint density at radius 2 is 1.78 bits per heavy atom. The molecule has 0 radical (unpaired) electrons. The van der Waals surface area contributed by atoms with Crippen molar-refractivity contribution in [3.8, 4) is 5.75 Å². The summed E-state index contributed by atoms with van der Waals surface area (Å²) in [6.45, 7) is 5.69. The number of amides is 2. The average molecular weight is 442 g/mol. The Labute approximate surface area is 192 Å². The van der Waals surface area contributed by atoms with E-state index in [1.807, 2.05) is 6.92 Å². The molecule has 1 N–H and O–H groups in total. The molecule has 3 fully saturated rings. The van der Waals surface area contributed by atoms with Crippen molar-refractivity contribution in [2.24, 2.45) is 0 Å². The summed E-state index contributed by atoms with van der Waals surface area (Å²) in [5, 5.41) is 3.22. The minimum Gasteiger partial charge on any atom is -0.497 e. The van der Waals surface area contributed by atoms with Crippen molar-refractivity contribution in [2.45, 2.75) is 82.2 Å². The first-order valence-electron chi connectivity index (χ1n) is 12.5. The van der Waals surface area contributed by atoms with E-state index in [4.69, 9.17) is 4.74 Å². The lowest BCUT2D eigenvalue weighted by atomic mass is 9.69. The van der Waals surface area contributed by atoms with E-state index >= 15 is 0 Å². The zero-order chi connectivity index (χ0) is 22.6. The summed E-state index contributed by atoms with van der Waals surface area (Å²) in [5.74, 6) is 1.03. The zero-order valence-electron chi connectivity index (χ0n) is 19.8. The van der Waals surface area contributed by atoms with Crippen LogP contribution in [0.5, 0.6) is 5.75 Å². The van der Waals surface area contributed by atoms with Crippen molar-refractivity contribution in [1.29, 1.82) is 0 Å². The Hall–Kier alpha value is -2.08. The molecule has 3 aliphatic rings. The van der Waals surface area contributed by atoms with E-state index in [2.05, 4.69) is 34.5 Å². The summed E-state index contributed by atoms with van der Waals surface area (Å²) in [6, 6.07) is 8.57. The van der Waals surface area contributed by atoms with Gasteiger partial charge in [0.15, 0.2) is 0 Å². The number of carbonyl (C=O) groups is 2. The minimum absolute atomic E-state index is 0.000633. The van der Waals surface area contributed by atoms with Crippen LogP contribution in [-0.4, -0.2) is 67.0 Å². The highest BCUT2D eigenvalue weighted by molar-refractivity contribution is 5.88. The SMILES string of the molecule is COc1ccc(C2(CN3CCC(NC(=O)C(C)N4CCCC4=O)CC3)CCCCC2)cc1. The van der Waals surface area contributed by atoms with Crippen LogP contribution in [0.25, 0.3) is 0 Å². The van der Waals surface area contributed by atoms with Gasteiger partial charge in [0, 0.05) is 44.1 Å². The third-order valence-electron chi connectivity index (χ3n) is 7.93. The molecule has 0 bridgehead atoms. The minimum atomic E-state index is -0.358. The maximum absolute atomic E-state index is 12.7. The predicted octanol–water partition coefficient (Wildman–Crippen LogP) is 3.49. The number of nitrogens with one attached hydrogen (secondary N) is 1. The largest absolute Gasteiger partial charge is 0.497 e. The molecule has 2 aliphatic heterocycles. The van der Waals surface area contributed by atoms with Crippen molar-refractivity contribution in [3.05, 3.63) is 29.8 Å². The lowest BCUT2D eigenvalue weighted by Crippen LogP contribution is -2.53. The zero-order valence-corrected chi connectivity index (χ0v) is 19.8. The number of hydrogen-bond donors (Lipinski definition) is 1. The van der Waals surface area contributed by atoms with Crippen molar-refractivity contribution in [2.75, 3.05) is 33.3 Å². The fraction of sp³-hybridized carbons (Fsp3) is 0.692. The van der Waals surface area contributed by atoms with Gasteiger partial charge in [-0.1, -0.05) is 31.4 Å². The summed E-state index contributed by atoms with van der Waals surface area (Å²) in [6.07, 6.45) is 9.82. The Bertz CT molecular complexity index is 780. The van der Waals surface area contributed by atoms with Gasteiger partial charge in [-0.3, -0.25) is 9.59 Å². The van der Waals surface area contributed by atoms with Crippen molar-refractivity contribution >= 4 is 11.8 Å². The highest BCUT2D eigenvalue weighted by Gasteiger charge is 2.37. The summed E-state index contributed by atoms with van der Waals surface area (Å²) < 4.78 is 5.37. The average Bonchev–Trinajstić information content (AvgIpc) is 3.26. The normalized spacial score (nSPS) is 23.2. The molecule has 1 aliphatic carbocycles. The van der Waals surface area contributed by atoms with E-state index in [1.54, 1.807) is 12.0 Å². The van der Waals surface area contributed by atoms with Crippen molar-refractivity contribution in [3.63, 3.8) is 0 Å². The topological polar surface area (TPSA) is 61.9 Å². The van der Waals surface area contributed by atoms with Gasteiger partial charge in [-0.05, 0) is 56.7 Å². The first kappa shape index (κ1) is 23.1. The molecule has 1 saturated carbocycles. The summed E-state index contributed by atoms with van der Waals surface area (Å²) in [7, 11) is 1.72. The van der Waals surface area contributed by atoms with E-state index in [-0.39, 0.29) is 29.3 Å². The van der Waals surface area contributed by atoms with Crippen LogP contribution < -0.4 is 10.1 Å². The van der Waals surface area contributed by atoms with E-state index < -0.39 is 0 Å². The van der Waals surface area contributed by atoms with Crippen LogP contribution in [0.1, 0.15) is 70.3 Å². The van der Waals surface area contributed by atoms with Crippen LogP contribution >= 0.6 is 0 Å². The Morgan fingerprint density at radius 1 is 1.09 bits per heavy atom.